The Hall–Kier alpha value is -2.17. The molecule has 0 aliphatic heterocycles. The summed E-state index contributed by atoms with van der Waals surface area (Å²) in [5, 5.41) is 0. The fourth-order valence-corrected chi connectivity index (χ4v) is 3.35. The van der Waals surface area contributed by atoms with Crippen LogP contribution in [0.3, 0.4) is 0 Å². The molecule has 1 aromatic heterocycles. The Morgan fingerprint density at radius 3 is 2.74 bits per heavy atom. The number of hydrogen-bond acceptors (Lipinski definition) is 4. The molecule has 122 valence electrons. The fraction of sp³-hybridized carbons (Fsp3) is 0.500. The summed E-state index contributed by atoms with van der Waals surface area (Å²) >= 11 is 0. The number of benzene rings is 1. The summed E-state index contributed by atoms with van der Waals surface area (Å²) in [4.78, 5) is 29.4. The van der Waals surface area contributed by atoms with Crippen molar-refractivity contribution in [1.29, 1.82) is 0 Å². The average Bonchev–Trinajstić information content (AvgIpc) is 2.58. The minimum atomic E-state index is -0.388. The summed E-state index contributed by atoms with van der Waals surface area (Å²) in [6, 6.07) is 7.47. The highest BCUT2D eigenvalue weighted by atomic mass is 16.5. The van der Waals surface area contributed by atoms with Crippen molar-refractivity contribution in [1.82, 2.24) is 9.55 Å². The molecule has 1 aromatic carbocycles. The van der Waals surface area contributed by atoms with Crippen LogP contribution in [0.25, 0.3) is 11.0 Å². The zero-order valence-electron chi connectivity index (χ0n) is 13.5. The van der Waals surface area contributed by atoms with Crippen molar-refractivity contribution in [2.75, 3.05) is 6.61 Å². The number of carbonyl (C=O) groups excluding carboxylic acids is 1. The first-order valence-electron chi connectivity index (χ1n) is 8.35. The largest absolute Gasteiger partial charge is 0.465 e. The molecule has 1 aliphatic rings. The highest BCUT2D eigenvalue weighted by Crippen LogP contribution is 2.30. The van der Waals surface area contributed by atoms with E-state index in [0.717, 1.165) is 31.2 Å². The molecule has 0 spiro atoms. The van der Waals surface area contributed by atoms with E-state index < -0.39 is 0 Å². The fourth-order valence-electron chi connectivity index (χ4n) is 3.35. The van der Waals surface area contributed by atoms with Gasteiger partial charge >= 0.3 is 5.97 Å². The summed E-state index contributed by atoms with van der Waals surface area (Å²) in [7, 11) is 0. The van der Waals surface area contributed by atoms with Gasteiger partial charge < -0.3 is 4.74 Å². The lowest BCUT2D eigenvalue weighted by Gasteiger charge is -2.22. The molecular weight excluding hydrogens is 292 g/mol. The number of ether oxygens (including phenoxy) is 1. The maximum absolute atomic E-state index is 12.9. The third-order valence-corrected chi connectivity index (χ3v) is 4.46. The highest BCUT2D eigenvalue weighted by Gasteiger charge is 2.23. The lowest BCUT2D eigenvalue weighted by atomic mass is 9.87. The first kappa shape index (κ1) is 15.7. The van der Waals surface area contributed by atoms with Crippen LogP contribution in [0.2, 0.25) is 0 Å². The number of nitrogens with zero attached hydrogens (tertiary/aromatic N) is 2. The van der Waals surface area contributed by atoms with Crippen molar-refractivity contribution in [3.63, 3.8) is 0 Å². The number of carbonyl (C=O) groups is 1. The summed E-state index contributed by atoms with van der Waals surface area (Å²) in [6.45, 7) is 2.01. The molecule has 1 heterocycles. The quantitative estimate of drug-likeness (QED) is 0.814. The van der Waals surface area contributed by atoms with Crippen molar-refractivity contribution in [2.24, 2.45) is 0 Å². The molecule has 0 saturated heterocycles. The van der Waals surface area contributed by atoms with Gasteiger partial charge in [0.15, 0.2) is 0 Å². The normalized spacial score (nSPS) is 15.7. The SMILES string of the molecule is CCOC(=O)Cn1c(=O)c(C2CCCCC2)nc2ccccc21. The summed E-state index contributed by atoms with van der Waals surface area (Å²) < 4.78 is 6.53. The van der Waals surface area contributed by atoms with Crippen molar-refractivity contribution >= 4 is 17.0 Å². The monoisotopic (exact) mass is 314 g/mol. The van der Waals surface area contributed by atoms with Gasteiger partial charge in [-0.25, -0.2) is 4.98 Å². The molecule has 1 saturated carbocycles. The molecule has 0 unspecified atom stereocenters. The van der Waals surface area contributed by atoms with E-state index in [4.69, 9.17) is 4.74 Å². The maximum Gasteiger partial charge on any atom is 0.326 e. The Labute approximate surface area is 135 Å². The van der Waals surface area contributed by atoms with Gasteiger partial charge in [0.05, 0.1) is 17.6 Å². The van der Waals surface area contributed by atoms with E-state index in [2.05, 4.69) is 4.98 Å². The second-order valence-electron chi connectivity index (χ2n) is 6.02. The van der Waals surface area contributed by atoms with E-state index in [-0.39, 0.29) is 24.0 Å². The Balaban J connectivity index is 2.09. The zero-order valence-corrected chi connectivity index (χ0v) is 13.5. The summed E-state index contributed by atoms with van der Waals surface area (Å²) in [5.74, 6) is -0.185. The van der Waals surface area contributed by atoms with Crippen LogP contribution >= 0.6 is 0 Å². The Morgan fingerprint density at radius 1 is 1.26 bits per heavy atom. The molecule has 0 atom stereocenters. The van der Waals surface area contributed by atoms with Crippen LogP contribution in [0.5, 0.6) is 0 Å². The Kier molecular flexibility index (Phi) is 4.74. The van der Waals surface area contributed by atoms with Crippen LogP contribution in [-0.4, -0.2) is 22.1 Å². The van der Waals surface area contributed by atoms with Gasteiger partial charge in [-0.1, -0.05) is 31.4 Å². The van der Waals surface area contributed by atoms with Gasteiger partial charge in [-0.15, -0.1) is 0 Å². The van der Waals surface area contributed by atoms with Crippen LogP contribution in [0.15, 0.2) is 29.1 Å². The molecule has 0 amide bonds. The molecule has 0 N–H and O–H groups in total. The highest BCUT2D eigenvalue weighted by molar-refractivity contribution is 5.77. The number of para-hydroxylation sites is 2. The van der Waals surface area contributed by atoms with E-state index in [1.807, 2.05) is 24.3 Å². The van der Waals surface area contributed by atoms with Gasteiger partial charge in [-0.05, 0) is 31.9 Å². The minimum Gasteiger partial charge on any atom is -0.465 e. The van der Waals surface area contributed by atoms with Gasteiger partial charge in [-0.3, -0.25) is 14.2 Å². The van der Waals surface area contributed by atoms with Gasteiger partial charge in [0.2, 0.25) is 0 Å². The van der Waals surface area contributed by atoms with E-state index in [1.54, 1.807) is 6.92 Å². The standard InChI is InChI=1S/C18H22N2O3/c1-2-23-16(21)12-20-15-11-7-6-10-14(15)19-17(18(20)22)13-8-4-3-5-9-13/h6-7,10-11,13H,2-5,8-9,12H2,1H3. The first-order chi connectivity index (χ1) is 11.2. The van der Waals surface area contributed by atoms with E-state index in [1.165, 1.54) is 11.0 Å². The molecule has 23 heavy (non-hydrogen) atoms. The molecule has 5 nitrogen and oxygen atoms in total. The van der Waals surface area contributed by atoms with Gasteiger partial charge in [-0.2, -0.15) is 0 Å². The molecule has 0 radical (unpaired) electrons. The lowest BCUT2D eigenvalue weighted by molar-refractivity contribution is -0.143. The van der Waals surface area contributed by atoms with Crippen LogP contribution in [0.4, 0.5) is 0 Å². The minimum absolute atomic E-state index is 0.0601. The Bertz CT molecular complexity index is 760. The lowest BCUT2D eigenvalue weighted by Crippen LogP contribution is -2.31. The molecule has 1 aliphatic carbocycles. The molecule has 3 rings (SSSR count). The third kappa shape index (κ3) is 3.28. The molecule has 0 bridgehead atoms. The molecule has 2 aromatic rings. The molecular formula is C18H22N2O3. The van der Waals surface area contributed by atoms with Crippen LogP contribution in [-0.2, 0) is 16.1 Å². The zero-order chi connectivity index (χ0) is 16.2. The number of aromatic nitrogens is 2. The smallest absolute Gasteiger partial charge is 0.326 e. The topological polar surface area (TPSA) is 61.2 Å². The van der Waals surface area contributed by atoms with Crippen molar-refractivity contribution in [3.05, 3.63) is 40.3 Å². The second kappa shape index (κ2) is 6.94. The van der Waals surface area contributed by atoms with Crippen molar-refractivity contribution in [3.8, 4) is 0 Å². The maximum atomic E-state index is 12.9. The Morgan fingerprint density at radius 2 is 2.00 bits per heavy atom. The van der Waals surface area contributed by atoms with Crippen LogP contribution in [0.1, 0.15) is 50.6 Å². The van der Waals surface area contributed by atoms with Gasteiger partial charge in [0.25, 0.3) is 5.56 Å². The molecule has 5 heteroatoms. The van der Waals surface area contributed by atoms with Gasteiger partial charge in [0.1, 0.15) is 12.2 Å². The van der Waals surface area contributed by atoms with E-state index in [0.29, 0.717) is 17.8 Å². The van der Waals surface area contributed by atoms with Crippen molar-refractivity contribution in [2.45, 2.75) is 51.5 Å². The predicted molar refractivity (Wildman–Crippen MR) is 88.5 cm³/mol. The first-order valence-corrected chi connectivity index (χ1v) is 8.35. The van der Waals surface area contributed by atoms with Crippen molar-refractivity contribution < 1.29 is 9.53 Å². The van der Waals surface area contributed by atoms with Gasteiger partial charge in [0, 0.05) is 5.92 Å². The average molecular weight is 314 g/mol. The summed E-state index contributed by atoms with van der Waals surface area (Å²) in [5.41, 5.74) is 1.90. The van der Waals surface area contributed by atoms with E-state index >= 15 is 0 Å². The third-order valence-electron chi connectivity index (χ3n) is 4.46. The van der Waals surface area contributed by atoms with Crippen LogP contribution < -0.4 is 5.56 Å². The number of hydrogen-bond donors (Lipinski definition) is 0. The van der Waals surface area contributed by atoms with E-state index in [9.17, 15) is 9.59 Å². The number of fused-ring (bicyclic) bond motifs is 1. The molecule has 1 fully saturated rings. The van der Waals surface area contributed by atoms with Crippen LogP contribution in [0, 0.1) is 0 Å². The second-order valence-corrected chi connectivity index (χ2v) is 6.02. The summed E-state index contributed by atoms with van der Waals surface area (Å²) in [6.07, 6.45) is 5.49. The number of rotatable bonds is 4. The number of esters is 1. The predicted octanol–water partition coefficient (Wildman–Crippen LogP) is 3.01.